The Morgan fingerprint density at radius 3 is 2.25 bits per heavy atom. The molecule has 0 saturated heterocycles. The fourth-order valence-electron chi connectivity index (χ4n) is 6.14. The molecule has 1 aliphatic heterocycles. The molecule has 174 valence electrons. The van der Waals surface area contributed by atoms with Crippen molar-refractivity contribution in [3.8, 4) is 33.9 Å². The Balaban J connectivity index is 1.61. The van der Waals surface area contributed by atoms with Crippen LogP contribution in [0, 0.1) is 6.92 Å². The highest BCUT2D eigenvalue weighted by molar-refractivity contribution is 6.16. The maximum Gasteiger partial charge on any atom is 0.228 e. The molecule has 6 aromatic rings. The summed E-state index contributed by atoms with van der Waals surface area (Å²) in [6.07, 6.45) is 2.20. The average Bonchev–Trinajstić information content (AvgIpc) is 2.90. The number of hydrogen-bond acceptors (Lipinski definition) is 1. The lowest BCUT2D eigenvalue weighted by molar-refractivity contribution is -0.659. The second kappa shape index (κ2) is 7.66. The predicted octanol–water partition coefficient (Wildman–Crippen LogP) is 8.84. The molecular formula is C34H28NO+. The van der Waals surface area contributed by atoms with Crippen LogP contribution in [0.4, 0.5) is 0 Å². The molecule has 0 radical (unpaired) electrons. The van der Waals surface area contributed by atoms with E-state index >= 15 is 0 Å². The third-order valence-corrected chi connectivity index (χ3v) is 7.80. The molecule has 5 aromatic carbocycles. The van der Waals surface area contributed by atoms with Crippen LogP contribution in [0.15, 0.2) is 91.1 Å². The predicted molar refractivity (Wildman–Crippen MR) is 150 cm³/mol. The number of pyridine rings is 1. The summed E-state index contributed by atoms with van der Waals surface area (Å²) in [6, 6.07) is 30.6. The number of aromatic nitrogens is 1. The van der Waals surface area contributed by atoms with E-state index in [9.17, 15) is 0 Å². The summed E-state index contributed by atoms with van der Waals surface area (Å²) in [7, 11) is 2.15. The van der Waals surface area contributed by atoms with E-state index in [4.69, 9.17) is 4.74 Å². The van der Waals surface area contributed by atoms with Gasteiger partial charge in [-0.1, -0.05) is 80.6 Å². The lowest BCUT2D eigenvalue weighted by Gasteiger charge is -2.27. The Kier molecular flexibility index (Phi) is 4.50. The second-order valence-electron chi connectivity index (χ2n) is 10.3. The first-order valence-corrected chi connectivity index (χ1v) is 12.7. The van der Waals surface area contributed by atoms with E-state index in [1.807, 2.05) is 0 Å². The summed E-state index contributed by atoms with van der Waals surface area (Å²) in [5.41, 5.74) is 7.47. The molecule has 1 aromatic heterocycles. The first-order chi connectivity index (χ1) is 17.5. The first-order valence-electron chi connectivity index (χ1n) is 12.7. The maximum atomic E-state index is 6.93. The number of ether oxygens (including phenoxy) is 1. The number of hydrogen-bond donors (Lipinski definition) is 0. The minimum Gasteiger partial charge on any atom is -0.455 e. The van der Waals surface area contributed by atoms with E-state index in [-0.39, 0.29) is 0 Å². The van der Waals surface area contributed by atoms with Crippen LogP contribution in [0.2, 0.25) is 0 Å². The van der Waals surface area contributed by atoms with Gasteiger partial charge in [0.15, 0.2) is 6.20 Å². The molecule has 0 spiro atoms. The van der Waals surface area contributed by atoms with Crippen molar-refractivity contribution in [1.82, 2.24) is 0 Å². The minimum absolute atomic E-state index is 0.334. The van der Waals surface area contributed by atoms with Crippen molar-refractivity contribution >= 4 is 32.3 Å². The van der Waals surface area contributed by atoms with Gasteiger partial charge in [-0.3, -0.25) is 0 Å². The van der Waals surface area contributed by atoms with Crippen molar-refractivity contribution in [2.45, 2.75) is 26.7 Å². The van der Waals surface area contributed by atoms with Gasteiger partial charge in [0, 0.05) is 17.0 Å². The monoisotopic (exact) mass is 466 g/mol. The lowest BCUT2D eigenvalue weighted by Crippen LogP contribution is -2.32. The molecule has 0 fully saturated rings. The van der Waals surface area contributed by atoms with Gasteiger partial charge in [-0.15, -0.1) is 0 Å². The zero-order valence-electron chi connectivity index (χ0n) is 21.1. The quantitative estimate of drug-likeness (QED) is 0.183. The molecule has 0 atom stereocenters. The van der Waals surface area contributed by atoms with Crippen LogP contribution in [-0.4, -0.2) is 0 Å². The maximum absolute atomic E-state index is 6.93. The summed E-state index contributed by atoms with van der Waals surface area (Å²) >= 11 is 0. The molecule has 7 rings (SSSR count). The second-order valence-corrected chi connectivity index (χ2v) is 10.3. The smallest absolute Gasteiger partial charge is 0.228 e. The lowest BCUT2D eigenvalue weighted by atomic mass is 9.85. The van der Waals surface area contributed by atoms with Gasteiger partial charge in [0.05, 0.1) is 10.9 Å². The fraction of sp³-hybridized carbons (Fsp3) is 0.147. The number of rotatable bonds is 2. The van der Waals surface area contributed by atoms with Gasteiger partial charge in [-0.05, 0) is 63.2 Å². The Hall–Kier alpha value is -4.17. The standard InChI is InChI=1S/C34H28NO/c1-20(2)30-27-13-9-8-12-25(27)21(3)31-33-32-28(16-17-35(33)4)26-15-14-23(22-10-6-5-7-11-22)18-24(26)19-29(32)36-34(30)31/h5-20H,1-4H3/q+1. The van der Waals surface area contributed by atoms with Crippen molar-refractivity contribution in [2.24, 2.45) is 7.05 Å². The van der Waals surface area contributed by atoms with E-state index in [0.717, 1.165) is 11.5 Å². The Morgan fingerprint density at radius 1 is 0.722 bits per heavy atom. The van der Waals surface area contributed by atoms with Crippen LogP contribution in [0.5, 0.6) is 11.5 Å². The van der Waals surface area contributed by atoms with Crippen LogP contribution < -0.4 is 9.30 Å². The average molecular weight is 467 g/mol. The van der Waals surface area contributed by atoms with Gasteiger partial charge in [0.1, 0.15) is 18.5 Å². The van der Waals surface area contributed by atoms with E-state index in [1.54, 1.807) is 0 Å². The highest BCUT2D eigenvalue weighted by Gasteiger charge is 2.33. The van der Waals surface area contributed by atoms with Gasteiger partial charge < -0.3 is 4.74 Å². The van der Waals surface area contributed by atoms with Crippen molar-refractivity contribution < 1.29 is 9.30 Å². The molecule has 0 amide bonds. The van der Waals surface area contributed by atoms with Crippen molar-refractivity contribution in [3.05, 3.63) is 102 Å². The molecule has 0 N–H and O–H groups in total. The first kappa shape index (κ1) is 21.1. The molecule has 2 heteroatoms. The summed E-state index contributed by atoms with van der Waals surface area (Å²) in [5.74, 6) is 2.29. The highest BCUT2D eigenvalue weighted by Crippen LogP contribution is 2.53. The zero-order valence-corrected chi connectivity index (χ0v) is 21.1. The molecule has 0 unspecified atom stereocenters. The van der Waals surface area contributed by atoms with E-state index < -0.39 is 0 Å². The van der Waals surface area contributed by atoms with Gasteiger partial charge in [0.2, 0.25) is 5.69 Å². The normalized spacial score (nSPS) is 12.4. The molecule has 1 aliphatic rings. The summed E-state index contributed by atoms with van der Waals surface area (Å²) in [5, 5.41) is 7.47. The summed E-state index contributed by atoms with van der Waals surface area (Å²) < 4.78 is 9.19. The number of nitrogens with zero attached hydrogens (tertiary/aromatic N) is 1. The van der Waals surface area contributed by atoms with E-state index in [2.05, 4.69) is 124 Å². The molecule has 2 nitrogen and oxygen atoms in total. The molecule has 2 heterocycles. The van der Waals surface area contributed by atoms with Crippen LogP contribution >= 0.6 is 0 Å². The Labute approximate surface area is 211 Å². The van der Waals surface area contributed by atoms with Crippen LogP contribution in [0.25, 0.3) is 54.7 Å². The van der Waals surface area contributed by atoms with Gasteiger partial charge in [-0.25, -0.2) is 4.57 Å². The molecular weight excluding hydrogens is 438 g/mol. The largest absolute Gasteiger partial charge is 0.455 e. The Bertz CT molecular complexity index is 1850. The summed E-state index contributed by atoms with van der Waals surface area (Å²) in [6.45, 7) is 6.78. The number of aryl methyl sites for hydroxylation is 2. The third kappa shape index (κ3) is 2.88. The number of fused-ring (bicyclic) bond motifs is 5. The van der Waals surface area contributed by atoms with Gasteiger partial charge in [0.25, 0.3) is 0 Å². The van der Waals surface area contributed by atoms with Crippen molar-refractivity contribution in [1.29, 1.82) is 0 Å². The Morgan fingerprint density at radius 2 is 1.47 bits per heavy atom. The molecule has 0 saturated carbocycles. The van der Waals surface area contributed by atoms with Crippen LogP contribution in [0.3, 0.4) is 0 Å². The minimum atomic E-state index is 0.334. The fourth-order valence-corrected chi connectivity index (χ4v) is 6.14. The topological polar surface area (TPSA) is 13.1 Å². The van der Waals surface area contributed by atoms with Crippen LogP contribution in [-0.2, 0) is 7.05 Å². The van der Waals surface area contributed by atoms with Crippen molar-refractivity contribution in [3.63, 3.8) is 0 Å². The van der Waals surface area contributed by atoms with Crippen LogP contribution in [0.1, 0.15) is 30.9 Å². The number of benzene rings is 5. The molecule has 0 bridgehead atoms. The van der Waals surface area contributed by atoms with Gasteiger partial charge in [-0.2, -0.15) is 0 Å². The van der Waals surface area contributed by atoms with Gasteiger partial charge >= 0.3 is 0 Å². The molecule has 0 aliphatic carbocycles. The van der Waals surface area contributed by atoms with E-state index in [1.165, 1.54) is 65.8 Å². The zero-order chi connectivity index (χ0) is 24.6. The van der Waals surface area contributed by atoms with Crippen molar-refractivity contribution in [2.75, 3.05) is 0 Å². The molecule has 36 heavy (non-hydrogen) atoms. The SMILES string of the molecule is Cc1c2c(c(C(C)C)c3ccccc13)Oc1cc3cc(-c4ccccc4)ccc3c3cc[n+](C)c-2c13. The summed E-state index contributed by atoms with van der Waals surface area (Å²) in [4.78, 5) is 0. The van der Waals surface area contributed by atoms with E-state index in [0.29, 0.717) is 5.92 Å². The highest BCUT2D eigenvalue weighted by atomic mass is 16.5. The third-order valence-electron chi connectivity index (χ3n) is 7.80.